The van der Waals surface area contributed by atoms with E-state index in [0.717, 1.165) is 17.8 Å². The van der Waals surface area contributed by atoms with Crippen molar-refractivity contribution in [1.29, 1.82) is 0 Å². The van der Waals surface area contributed by atoms with E-state index >= 15 is 0 Å². The number of hydrogen-bond donors (Lipinski definition) is 2. The summed E-state index contributed by atoms with van der Waals surface area (Å²) in [5.74, 6) is 0.0161. The summed E-state index contributed by atoms with van der Waals surface area (Å²) >= 11 is 0. The minimum atomic E-state index is -0.238. The second-order valence-electron chi connectivity index (χ2n) is 4.39. The van der Waals surface area contributed by atoms with E-state index in [4.69, 9.17) is 5.73 Å². The Morgan fingerprint density at radius 3 is 2.79 bits per heavy atom. The zero-order valence-electron chi connectivity index (χ0n) is 11.1. The largest absolute Gasteiger partial charge is 0.383 e. The van der Waals surface area contributed by atoms with Gasteiger partial charge in [0.15, 0.2) is 0 Å². The monoisotopic (exact) mass is 255 g/mol. The first-order valence-electron chi connectivity index (χ1n) is 6.23. The molecule has 1 aromatic carbocycles. The highest BCUT2D eigenvalue weighted by atomic mass is 16.1. The molecular weight excluding hydrogens is 238 g/mol. The number of nitrogens with two attached hydrogens (primary N) is 1. The van der Waals surface area contributed by atoms with Crippen LogP contribution in [0, 0.1) is 6.92 Å². The van der Waals surface area contributed by atoms with Gasteiger partial charge in [0.25, 0.3) is 5.91 Å². The Bertz CT molecular complexity index is 608. The van der Waals surface area contributed by atoms with Crippen molar-refractivity contribution in [3.8, 4) is 0 Å². The fourth-order valence-corrected chi connectivity index (χ4v) is 1.84. The van der Waals surface area contributed by atoms with Gasteiger partial charge in [-0.2, -0.15) is 0 Å². The van der Waals surface area contributed by atoms with Crippen molar-refractivity contribution in [2.45, 2.75) is 20.3 Å². The molecule has 4 heteroatoms. The second kappa shape index (κ2) is 5.52. The fraction of sp³-hybridized carbons (Fsp3) is 0.200. The molecule has 98 valence electrons. The molecule has 4 nitrogen and oxygen atoms in total. The van der Waals surface area contributed by atoms with Crippen LogP contribution < -0.4 is 11.1 Å². The predicted octanol–water partition coefficient (Wildman–Crippen LogP) is 2.79. The molecule has 0 atom stereocenters. The van der Waals surface area contributed by atoms with Gasteiger partial charge in [0, 0.05) is 11.4 Å². The lowest BCUT2D eigenvalue weighted by molar-refractivity contribution is 0.102. The van der Waals surface area contributed by atoms with Gasteiger partial charge in [-0.05, 0) is 43.2 Å². The number of carbonyl (C=O) groups excluding carboxylic acids is 1. The van der Waals surface area contributed by atoms with Crippen LogP contribution in [-0.4, -0.2) is 10.9 Å². The number of pyridine rings is 1. The second-order valence-corrected chi connectivity index (χ2v) is 4.39. The highest BCUT2D eigenvalue weighted by molar-refractivity contribution is 6.07. The van der Waals surface area contributed by atoms with Crippen LogP contribution in [0.15, 0.2) is 36.4 Å². The molecule has 2 aromatic rings. The van der Waals surface area contributed by atoms with Crippen LogP contribution in [0.1, 0.15) is 28.5 Å². The quantitative estimate of drug-likeness (QED) is 0.886. The lowest BCUT2D eigenvalue weighted by atomic mass is 10.1. The van der Waals surface area contributed by atoms with Gasteiger partial charge in [0.1, 0.15) is 5.82 Å². The Hall–Kier alpha value is -2.36. The number of aromatic nitrogens is 1. The Labute approximate surface area is 112 Å². The third-order valence-electron chi connectivity index (χ3n) is 2.90. The summed E-state index contributed by atoms with van der Waals surface area (Å²) < 4.78 is 0. The van der Waals surface area contributed by atoms with Crippen LogP contribution in [0.25, 0.3) is 0 Å². The first kappa shape index (κ1) is 13.1. The van der Waals surface area contributed by atoms with Gasteiger partial charge in [-0.3, -0.25) is 4.79 Å². The van der Waals surface area contributed by atoms with E-state index in [2.05, 4.69) is 17.2 Å². The van der Waals surface area contributed by atoms with E-state index in [9.17, 15) is 4.79 Å². The maximum Gasteiger partial charge on any atom is 0.259 e. The SMILES string of the molecule is CCc1cccc(NC(=O)c2ccc(C)nc2N)c1. The zero-order valence-corrected chi connectivity index (χ0v) is 11.1. The highest BCUT2D eigenvalue weighted by Gasteiger charge is 2.11. The molecule has 0 bridgehead atoms. The van der Waals surface area contributed by atoms with E-state index in [1.54, 1.807) is 12.1 Å². The molecule has 0 saturated heterocycles. The van der Waals surface area contributed by atoms with Gasteiger partial charge in [-0.15, -0.1) is 0 Å². The number of amides is 1. The molecule has 0 aliphatic carbocycles. The van der Waals surface area contributed by atoms with Gasteiger partial charge in [-0.25, -0.2) is 4.98 Å². The summed E-state index contributed by atoms with van der Waals surface area (Å²) in [5.41, 5.74) is 8.89. The number of hydrogen-bond acceptors (Lipinski definition) is 3. The summed E-state index contributed by atoms with van der Waals surface area (Å²) in [5, 5.41) is 2.83. The Morgan fingerprint density at radius 2 is 2.11 bits per heavy atom. The molecule has 19 heavy (non-hydrogen) atoms. The summed E-state index contributed by atoms with van der Waals surface area (Å²) in [7, 11) is 0. The van der Waals surface area contributed by atoms with Gasteiger partial charge in [0.2, 0.25) is 0 Å². The normalized spacial score (nSPS) is 10.2. The first-order valence-corrected chi connectivity index (χ1v) is 6.23. The molecule has 2 rings (SSSR count). The van der Waals surface area contributed by atoms with Crippen molar-refractivity contribution in [3.05, 3.63) is 53.2 Å². The maximum absolute atomic E-state index is 12.1. The van der Waals surface area contributed by atoms with Gasteiger partial charge in [-0.1, -0.05) is 19.1 Å². The number of carbonyl (C=O) groups is 1. The minimum absolute atomic E-state index is 0.238. The molecule has 1 heterocycles. The number of anilines is 2. The number of aryl methyl sites for hydroxylation is 2. The van der Waals surface area contributed by atoms with Gasteiger partial charge >= 0.3 is 0 Å². The Morgan fingerprint density at radius 1 is 1.32 bits per heavy atom. The Balaban J connectivity index is 2.20. The van der Waals surface area contributed by atoms with Crippen LogP contribution in [0.3, 0.4) is 0 Å². The number of nitrogen functional groups attached to an aromatic ring is 1. The van der Waals surface area contributed by atoms with E-state index in [1.807, 2.05) is 31.2 Å². The fourth-order valence-electron chi connectivity index (χ4n) is 1.84. The third-order valence-corrected chi connectivity index (χ3v) is 2.90. The summed E-state index contributed by atoms with van der Waals surface area (Å²) in [6, 6.07) is 11.2. The number of nitrogens with zero attached hydrogens (tertiary/aromatic N) is 1. The molecule has 0 aliphatic heterocycles. The molecule has 0 aliphatic rings. The first-order chi connectivity index (χ1) is 9.10. The molecule has 0 unspecified atom stereocenters. The van der Waals surface area contributed by atoms with Crippen LogP contribution in [0.2, 0.25) is 0 Å². The van der Waals surface area contributed by atoms with Crippen LogP contribution in [0.4, 0.5) is 11.5 Å². The van der Waals surface area contributed by atoms with Crippen LogP contribution in [-0.2, 0) is 6.42 Å². The lowest BCUT2D eigenvalue weighted by Gasteiger charge is -2.08. The third kappa shape index (κ3) is 3.10. The van der Waals surface area contributed by atoms with Crippen LogP contribution in [0.5, 0.6) is 0 Å². The van der Waals surface area contributed by atoms with Crippen molar-refractivity contribution in [2.24, 2.45) is 0 Å². The highest BCUT2D eigenvalue weighted by Crippen LogP contribution is 2.15. The molecule has 0 saturated carbocycles. The molecule has 1 aromatic heterocycles. The van der Waals surface area contributed by atoms with Crippen molar-refractivity contribution < 1.29 is 4.79 Å². The molecule has 0 fully saturated rings. The van der Waals surface area contributed by atoms with Gasteiger partial charge < -0.3 is 11.1 Å². The molecule has 0 spiro atoms. The smallest absolute Gasteiger partial charge is 0.259 e. The number of benzene rings is 1. The number of rotatable bonds is 3. The van der Waals surface area contributed by atoms with E-state index in [0.29, 0.717) is 5.56 Å². The molecule has 3 N–H and O–H groups in total. The predicted molar refractivity (Wildman–Crippen MR) is 77.2 cm³/mol. The van der Waals surface area contributed by atoms with E-state index < -0.39 is 0 Å². The molecule has 0 radical (unpaired) electrons. The van der Waals surface area contributed by atoms with Crippen molar-refractivity contribution >= 4 is 17.4 Å². The Kier molecular flexibility index (Phi) is 3.80. The minimum Gasteiger partial charge on any atom is -0.383 e. The van der Waals surface area contributed by atoms with Gasteiger partial charge in [0.05, 0.1) is 5.56 Å². The summed E-state index contributed by atoms with van der Waals surface area (Å²) in [6.45, 7) is 3.91. The van der Waals surface area contributed by atoms with E-state index in [-0.39, 0.29) is 11.7 Å². The maximum atomic E-state index is 12.1. The molecule has 1 amide bonds. The average molecular weight is 255 g/mol. The summed E-state index contributed by atoms with van der Waals surface area (Å²) in [6.07, 6.45) is 0.929. The zero-order chi connectivity index (χ0) is 13.8. The van der Waals surface area contributed by atoms with Crippen molar-refractivity contribution in [1.82, 2.24) is 4.98 Å². The number of nitrogens with one attached hydrogen (secondary N) is 1. The average Bonchev–Trinajstić information content (AvgIpc) is 2.38. The standard InChI is InChI=1S/C15H17N3O/c1-3-11-5-4-6-12(9-11)18-15(19)13-8-7-10(2)17-14(13)16/h4-9H,3H2,1-2H3,(H2,16,17)(H,18,19). The molecular formula is C15H17N3O. The van der Waals surface area contributed by atoms with E-state index in [1.165, 1.54) is 5.56 Å². The summed E-state index contributed by atoms with van der Waals surface area (Å²) in [4.78, 5) is 16.2. The van der Waals surface area contributed by atoms with Crippen molar-refractivity contribution in [3.63, 3.8) is 0 Å². The lowest BCUT2D eigenvalue weighted by Crippen LogP contribution is -2.15. The van der Waals surface area contributed by atoms with Crippen LogP contribution >= 0.6 is 0 Å². The van der Waals surface area contributed by atoms with Crippen molar-refractivity contribution in [2.75, 3.05) is 11.1 Å². The topological polar surface area (TPSA) is 68.0 Å².